The molecule has 15 heavy (non-hydrogen) atoms. The third-order valence-corrected chi connectivity index (χ3v) is 3.13. The van der Waals surface area contributed by atoms with E-state index in [-0.39, 0.29) is 0 Å². The SMILES string of the molecule is CC1CC(Nc2ncc(I)cn2)CCN1. The summed E-state index contributed by atoms with van der Waals surface area (Å²) in [6, 6.07) is 1.08. The van der Waals surface area contributed by atoms with Crippen molar-refractivity contribution in [1.82, 2.24) is 15.3 Å². The number of hydrogen-bond donors (Lipinski definition) is 2. The lowest BCUT2D eigenvalue weighted by molar-refractivity contribution is 0.395. The van der Waals surface area contributed by atoms with Gasteiger partial charge in [-0.05, 0) is 48.9 Å². The first-order chi connectivity index (χ1) is 7.24. The van der Waals surface area contributed by atoms with E-state index in [0.717, 1.165) is 28.9 Å². The third-order valence-electron chi connectivity index (χ3n) is 2.58. The highest BCUT2D eigenvalue weighted by Gasteiger charge is 2.18. The minimum atomic E-state index is 0.501. The van der Waals surface area contributed by atoms with Crippen molar-refractivity contribution in [2.24, 2.45) is 0 Å². The van der Waals surface area contributed by atoms with Gasteiger partial charge in [-0.3, -0.25) is 0 Å². The molecule has 0 aliphatic carbocycles. The molecule has 82 valence electrons. The monoisotopic (exact) mass is 318 g/mol. The summed E-state index contributed by atoms with van der Waals surface area (Å²) in [4.78, 5) is 8.49. The smallest absolute Gasteiger partial charge is 0.222 e. The summed E-state index contributed by atoms with van der Waals surface area (Å²) in [5, 5.41) is 6.80. The van der Waals surface area contributed by atoms with E-state index >= 15 is 0 Å². The normalized spacial score (nSPS) is 26.3. The summed E-state index contributed by atoms with van der Waals surface area (Å²) < 4.78 is 1.07. The summed E-state index contributed by atoms with van der Waals surface area (Å²) in [6.45, 7) is 3.28. The molecule has 2 N–H and O–H groups in total. The van der Waals surface area contributed by atoms with E-state index in [2.05, 4.69) is 50.1 Å². The fourth-order valence-corrected chi connectivity index (χ4v) is 2.11. The van der Waals surface area contributed by atoms with E-state index in [9.17, 15) is 0 Å². The third kappa shape index (κ3) is 3.27. The maximum atomic E-state index is 4.25. The van der Waals surface area contributed by atoms with Crippen molar-refractivity contribution in [2.45, 2.75) is 31.8 Å². The van der Waals surface area contributed by atoms with Crippen LogP contribution in [-0.4, -0.2) is 28.6 Å². The molecule has 2 atom stereocenters. The topological polar surface area (TPSA) is 49.8 Å². The van der Waals surface area contributed by atoms with Gasteiger partial charge in [0.2, 0.25) is 5.95 Å². The molecule has 1 aliphatic rings. The van der Waals surface area contributed by atoms with Crippen molar-refractivity contribution in [3.63, 3.8) is 0 Å². The number of rotatable bonds is 2. The summed E-state index contributed by atoms with van der Waals surface area (Å²) in [5.41, 5.74) is 0. The molecule has 1 fully saturated rings. The lowest BCUT2D eigenvalue weighted by atomic mass is 10.0. The molecular weight excluding hydrogens is 303 g/mol. The zero-order valence-electron chi connectivity index (χ0n) is 8.70. The lowest BCUT2D eigenvalue weighted by Crippen LogP contribution is -2.41. The number of hydrogen-bond acceptors (Lipinski definition) is 4. The van der Waals surface area contributed by atoms with E-state index in [0.29, 0.717) is 12.1 Å². The second-order valence-electron chi connectivity index (χ2n) is 3.95. The van der Waals surface area contributed by atoms with Gasteiger partial charge in [-0.1, -0.05) is 0 Å². The van der Waals surface area contributed by atoms with Crippen molar-refractivity contribution in [3.05, 3.63) is 16.0 Å². The highest BCUT2D eigenvalue weighted by atomic mass is 127. The maximum absolute atomic E-state index is 4.25. The first-order valence-corrected chi connectivity index (χ1v) is 6.29. The van der Waals surface area contributed by atoms with Gasteiger partial charge in [0.05, 0.1) is 0 Å². The molecule has 2 unspecified atom stereocenters. The number of nitrogens with zero attached hydrogens (tertiary/aromatic N) is 2. The maximum Gasteiger partial charge on any atom is 0.222 e. The van der Waals surface area contributed by atoms with Crippen molar-refractivity contribution in [3.8, 4) is 0 Å². The Labute approximate surface area is 103 Å². The Balaban J connectivity index is 1.93. The molecular formula is C10H15IN4. The first-order valence-electron chi connectivity index (χ1n) is 5.21. The van der Waals surface area contributed by atoms with Crippen LogP contribution in [0.3, 0.4) is 0 Å². The number of anilines is 1. The molecule has 0 radical (unpaired) electrons. The van der Waals surface area contributed by atoms with Crippen LogP contribution in [0.2, 0.25) is 0 Å². The zero-order chi connectivity index (χ0) is 10.7. The number of piperidine rings is 1. The fraction of sp³-hybridized carbons (Fsp3) is 0.600. The van der Waals surface area contributed by atoms with Crippen LogP contribution in [0.5, 0.6) is 0 Å². The summed E-state index contributed by atoms with van der Waals surface area (Å²) in [6.07, 6.45) is 5.94. The van der Waals surface area contributed by atoms with Crippen LogP contribution < -0.4 is 10.6 Å². The fourth-order valence-electron chi connectivity index (χ4n) is 1.83. The van der Waals surface area contributed by atoms with Crippen molar-refractivity contribution in [1.29, 1.82) is 0 Å². The highest BCUT2D eigenvalue weighted by Crippen LogP contribution is 2.12. The van der Waals surface area contributed by atoms with Gasteiger partial charge in [-0.15, -0.1) is 0 Å². The van der Waals surface area contributed by atoms with E-state index in [1.54, 1.807) is 0 Å². The minimum Gasteiger partial charge on any atom is -0.351 e. The quantitative estimate of drug-likeness (QED) is 0.814. The van der Waals surface area contributed by atoms with Gasteiger partial charge in [-0.25, -0.2) is 9.97 Å². The molecule has 0 amide bonds. The van der Waals surface area contributed by atoms with E-state index < -0.39 is 0 Å². The van der Waals surface area contributed by atoms with Crippen molar-refractivity contribution >= 4 is 28.5 Å². The first kappa shape index (κ1) is 11.1. The Morgan fingerprint density at radius 2 is 2.20 bits per heavy atom. The molecule has 4 nitrogen and oxygen atoms in total. The Bertz CT molecular complexity index is 314. The van der Waals surface area contributed by atoms with Crippen LogP contribution in [0.25, 0.3) is 0 Å². The van der Waals surface area contributed by atoms with Gasteiger partial charge in [-0.2, -0.15) is 0 Å². The van der Waals surface area contributed by atoms with Crippen molar-refractivity contribution in [2.75, 3.05) is 11.9 Å². The second-order valence-corrected chi connectivity index (χ2v) is 5.19. The molecule has 2 rings (SSSR count). The molecule has 1 saturated heterocycles. The Morgan fingerprint density at radius 1 is 1.47 bits per heavy atom. The summed E-state index contributed by atoms with van der Waals surface area (Å²) in [5.74, 6) is 0.745. The van der Waals surface area contributed by atoms with E-state index in [1.165, 1.54) is 0 Å². The predicted molar refractivity (Wildman–Crippen MR) is 68.9 cm³/mol. The molecule has 0 saturated carbocycles. The standard InChI is InChI=1S/C10H15IN4/c1-7-4-9(2-3-12-7)15-10-13-5-8(11)6-14-10/h5-7,9,12H,2-4H2,1H3,(H,13,14,15). The number of nitrogens with one attached hydrogen (secondary N) is 2. The van der Waals surface area contributed by atoms with Gasteiger partial charge in [0.25, 0.3) is 0 Å². The molecule has 1 aromatic heterocycles. The van der Waals surface area contributed by atoms with Crippen LogP contribution >= 0.6 is 22.6 Å². The molecule has 0 aromatic carbocycles. The lowest BCUT2D eigenvalue weighted by Gasteiger charge is -2.28. The van der Waals surface area contributed by atoms with Gasteiger partial charge >= 0.3 is 0 Å². The average Bonchev–Trinajstić information content (AvgIpc) is 2.22. The van der Waals surface area contributed by atoms with Crippen LogP contribution in [0.15, 0.2) is 12.4 Å². The van der Waals surface area contributed by atoms with Crippen molar-refractivity contribution < 1.29 is 0 Å². The number of aromatic nitrogens is 2. The van der Waals surface area contributed by atoms with E-state index in [1.807, 2.05) is 12.4 Å². The molecule has 0 bridgehead atoms. The minimum absolute atomic E-state index is 0.501. The van der Waals surface area contributed by atoms with Gasteiger partial charge in [0, 0.05) is 28.0 Å². The van der Waals surface area contributed by atoms with E-state index in [4.69, 9.17) is 0 Å². The zero-order valence-corrected chi connectivity index (χ0v) is 10.9. The summed E-state index contributed by atoms with van der Waals surface area (Å²) in [7, 11) is 0. The molecule has 2 heterocycles. The molecule has 1 aliphatic heterocycles. The van der Waals surface area contributed by atoms with Crippen LogP contribution in [0.1, 0.15) is 19.8 Å². The largest absolute Gasteiger partial charge is 0.351 e. The highest BCUT2D eigenvalue weighted by molar-refractivity contribution is 14.1. The van der Waals surface area contributed by atoms with Gasteiger partial charge < -0.3 is 10.6 Å². The van der Waals surface area contributed by atoms with Crippen LogP contribution in [0.4, 0.5) is 5.95 Å². The predicted octanol–water partition coefficient (Wildman–Crippen LogP) is 1.63. The average molecular weight is 318 g/mol. The van der Waals surface area contributed by atoms with Gasteiger partial charge in [0.1, 0.15) is 0 Å². The molecule has 0 spiro atoms. The number of halogens is 1. The second kappa shape index (κ2) is 5.07. The summed E-state index contributed by atoms with van der Waals surface area (Å²) >= 11 is 2.21. The Hall–Kier alpha value is -0.430. The van der Waals surface area contributed by atoms with Crippen LogP contribution in [0, 0.1) is 3.57 Å². The van der Waals surface area contributed by atoms with Crippen LogP contribution in [-0.2, 0) is 0 Å². The molecule has 5 heteroatoms. The molecule has 1 aromatic rings. The van der Waals surface area contributed by atoms with Gasteiger partial charge in [0.15, 0.2) is 0 Å². The Kier molecular flexibility index (Phi) is 3.74. The Morgan fingerprint density at radius 3 is 2.87 bits per heavy atom.